The zero-order chi connectivity index (χ0) is 12.3. The molecule has 0 spiro atoms. The first-order valence-corrected chi connectivity index (χ1v) is 6.67. The van der Waals surface area contributed by atoms with Crippen LogP contribution in [0.15, 0.2) is 0 Å². The molecule has 98 valence electrons. The summed E-state index contributed by atoms with van der Waals surface area (Å²) >= 11 is 0. The van der Waals surface area contributed by atoms with E-state index in [2.05, 4.69) is 6.92 Å². The van der Waals surface area contributed by atoms with E-state index >= 15 is 0 Å². The summed E-state index contributed by atoms with van der Waals surface area (Å²) in [6.07, 6.45) is 4.97. The molecule has 1 aliphatic heterocycles. The molecule has 0 radical (unpaired) electrons. The highest BCUT2D eigenvalue weighted by molar-refractivity contribution is 5.81. The van der Waals surface area contributed by atoms with Crippen LogP contribution in [0.3, 0.4) is 0 Å². The second kappa shape index (κ2) is 5.36. The highest BCUT2D eigenvalue weighted by Crippen LogP contribution is 2.32. The Balaban J connectivity index is 1.84. The molecule has 17 heavy (non-hydrogen) atoms. The van der Waals surface area contributed by atoms with Crippen molar-refractivity contribution in [2.45, 2.75) is 44.6 Å². The SMILES string of the molecule is CC1CCCCC1(N)C(=O)OCC1CCOC1. The summed E-state index contributed by atoms with van der Waals surface area (Å²) in [5, 5.41) is 0. The van der Waals surface area contributed by atoms with Crippen LogP contribution in [0.5, 0.6) is 0 Å². The van der Waals surface area contributed by atoms with E-state index in [0.29, 0.717) is 19.1 Å². The normalized spacial score (nSPS) is 38.0. The Morgan fingerprint density at radius 1 is 1.47 bits per heavy atom. The first-order chi connectivity index (χ1) is 8.13. The lowest BCUT2D eigenvalue weighted by Gasteiger charge is -2.37. The van der Waals surface area contributed by atoms with Crippen LogP contribution in [-0.2, 0) is 14.3 Å². The first kappa shape index (κ1) is 12.8. The average molecular weight is 241 g/mol. The van der Waals surface area contributed by atoms with Crippen molar-refractivity contribution >= 4 is 5.97 Å². The summed E-state index contributed by atoms with van der Waals surface area (Å²) in [4.78, 5) is 12.1. The number of rotatable bonds is 3. The minimum Gasteiger partial charge on any atom is -0.464 e. The fraction of sp³-hybridized carbons (Fsp3) is 0.923. The van der Waals surface area contributed by atoms with Crippen LogP contribution in [0.25, 0.3) is 0 Å². The molecule has 0 amide bonds. The van der Waals surface area contributed by atoms with Crippen LogP contribution >= 0.6 is 0 Å². The molecular formula is C13H23NO3. The highest BCUT2D eigenvalue weighted by Gasteiger charge is 2.42. The number of ether oxygens (including phenoxy) is 2. The number of carbonyl (C=O) groups excluding carboxylic acids is 1. The molecule has 3 unspecified atom stereocenters. The molecule has 0 aromatic heterocycles. The van der Waals surface area contributed by atoms with E-state index in [9.17, 15) is 4.79 Å². The van der Waals surface area contributed by atoms with Gasteiger partial charge in [-0.2, -0.15) is 0 Å². The van der Waals surface area contributed by atoms with E-state index < -0.39 is 5.54 Å². The van der Waals surface area contributed by atoms with Crippen LogP contribution in [-0.4, -0.2) is 31.3 Å². The number of nitrogens with two attached hydrogens (primary N) is 1. The van der Waals surface area contributed by atoms with Gasteiger partial charge in [0.15, 0.2) is 0 Å². The van der Waals surface area contributed by atoms with Crippen molar-refractivity contribution in [2.24, 2.45) is 17.6 Å². The summed E-state index contributed by atoms with van der Waals surface area (Å²) in [6.45, 7) is 4.01. The van der Waals surface area contributed by atoms with Crippen LogP contribution in [0.1, 0.15) is 39.0 Å². The lowest BCUT2D eigenvalue weighted by atomic mass is 9.74. The molecule has 1 saturated heterocycles. The minimum absolute atomic E-state index is 0.211. The Morgan fingerprint density at radius 3 is 2.94 bits per heavy atom. The maximum atomic E-state index is 12.1. The van der Waals surface area contributed by atoms with Gasteiger partial charge in [0.25, 0.3) is 0 Å². The van der Waals surface area contributed by atoms with E-state index in [1.807, 2.05) is 0 Å². The van der Waals surface area contributed by atoms with Crippen LogP contribution < -0.4 is 5.73 Å². The van der Waals surface area contributed by atoms with Gasteiger partial charge < -0.3 is 15.2 Å². The van der Waals surface area contributed by atoms with E-state index in [0.717, 1.165) is 32.3 Å². The van der Waals surface area contributed by atoms with Gasteiger partial charge in [-0.15, -0.1) is 0 Å². The number of carbonyl (C=O) groups is 1. The molecule has 0 aromatic carbocycles. The molecule has 0 bridgehead atoms. The summed E-state index contributed by atoms with van der Waals surface area (Å²) in [6, 6.07) is 0. The summed E-state index contributed by atoms with van der Waals surface area (Å²) in [5.41, 5.74) is 5.47. The smallest absolute Gasteiger partial charge is 0.326 e. The second-order valence-electron chi connectivity index (χ2n) is 5.52. The Labute approximate surface area is 103 Å². The molecule has 1 aliphatic carbocycles. The van der Waals surface area contributed by atoms with Gasteiger partial charge in [0.1, 0.15) is 5.54 Å². The molecule has 4 nitrogen and oxygen atoms in total. The van der Waals surface area contributed by atoms with E-state index in [1.54, 1.807) is 0 Å². The third-order valence-corrected chi connectivity index (χ3v) is 4.21. The van der Waals surface area contributed by atoms with Gasteiger partial charge in [-0.3, -0.25) is 4.79 Å². The Morgan fingerprint density at radius 2 is 2.29 bits per heavy atom. The summed E-state index contributed by atoms with van der Waals surface area (Å²) in [5.74, 6) is 0.377. The molecule has 2 fully saturated rings. The van der Waals surface area contributed by atoms with Crippen molar-refractivity contribution in [1.29, 1.82) is 0 Å². The van der Waals surface area contributed by atoms with Crippen molar-refractivity contribution in [3.05, 3.63) is 0 Å². The van der Waals surface area contributed by atoms with Gasteiger partial charge in [0, 0.05) is 12.5 Å². The van der Waals surface area contributed by atoms with E-state index in [4.69, 9.17) is 15.2 Å². The molecule has 4 heteroatoms. The highest BCUT2D eigenvalue weighted by atomic mass is 16.5. The molecule has 1 saturated carbocycles. The minimum atomic E-state index is -0.752. The topological polar surface area (TPSA) is 61.6 Å². The van der Waals surface area contributed by atoms with Crippen LogP contribution in [0.2, 0.25) is 0 Å². The molecule has 2 rings (SSSR count). The lowest BCUT2D eigenvalue weighted by Crippen LogP contribution is -2.55. The predicted molar refractivity (Wildman–Crippen MR) is 64.4 cm³/mol. The Bertz CT molecular complexity index is 276. The van der Waals surface area contributed by atoms with E-state index in [-0.39, 0.29) is 11.9 Å². The van der Waals surface area contributed by atoms with Gasteiger partial charge in [-0.25, -0.2) is 0 Å². The Hall–Kier alpha value is -0.610. The van der Waals surface area contributed by atoms with Crippen LogP contribution in [0.4, 0.5) is 0 Å². The van der Waals surface area contributed by atoms with Gasteiger partial charge in [-0.05, 0) is 25.2 Å². The molecule has 0 aromatic rings. The molecule has 2 aliphatic rings. The lowest BCUT2D eigenvalue weighted by molar-refractivity contribution is -0.155. The quantitative estimate of drug-likeness (QED) is 0.760. The van der Waals surface area contributed by atoms with E-state index in [1.165, 1.54) is 6.42 Å². The third-order valence-electron chi connectivity index (χ3n) is 4.21. The monoisotopic (exact) mass is 241 g/mol. The average Bonchev–Trinajstić information content (AvgIpc) is 2.83. The van der Waals surface area contributed by atoms with Crippen molar-refractivity contribution in [1.82, 2.24) is 0 Å². The third kappa shape index (κ3) is 2.80. The van der Waals surface area contributed by atoms with Gasteiger partial charge in [-0.1, -0.05) is 19.8 Å². The first-order valence-electron chi connectivity index (χ1n) is 6.67. The Kier molecular flexibility index (Phi) is 4.05. The summed E-state index contributed by atoms with van der Waals surface area (Å²) < 4.78 is 10.7. The van der Waals surface area contributed by atoms with Crippen molar-refractivity contribution in [3.8, 4) is 0 Å². The van der Waals surface area contributed by atoms with Gasteiger partial charge in [0.2, 0.25) is 0 Å². The predicted octanol–water partition coefficient (Wildman–Crippen LogP) is 1.47. The maximum absolute atomic E-state index is 12.1. The zero-order valence-corrected chi connectivity index (χ0v) is 10.6. The molecule has 1 heterocycles. The van der Waals surface area contributed by atoms with Crippen LogP contribution in [0, 0.1) is 11.8 Å². The number of hydrogen-bond acceptors (Lipinski definition) is 4. The zero-order valence-electron chi connectivity index (χ0n) is 10.6. The van der Waals surface area contributed by atoms with Crippen molar-refractivity contribution in [2.75, 3.05) is 19.8 Å². The molecular weight excluding hydrogens is 218 g/mol. The van der Waals surface area contributed by atoms with Gasteiger partial charge in [0.05, 0.1) is 13.2 Å². The fourth-order valence-corrected chi connectivity index (χ4v) is 2.72. The largest absolute Gasteiger partial charge is 0.464 e. The number of esters is 1. The summed E-state index contributed by atoms with van der Waals surface area (Å²) in [7, 11) is 0. The standard InChI is InChI=1S/C13H23NO3/c1-10-4-2-3-6-13(10,14)12(15)17-9-11-5-7-16-8-11/h10-11H,2-9,14H2,1H3. The second-order valence-corrected chi connectivity index (χ2v) is 5.52. The molecule has 3 atom stereocenters. The fourth-order valence-electron chi connectivity index (χ4n) is 2.72. The van der Waals surface area contributed by atoms with Crippen molar-refractivity contribution < 1.29 is 14.3 Å². The number of hydrogen-bond donors (Lipinski definition) is 1. The van der Waals surface area contributed by atoms with Crippen molar-refractivity contribution in [3.63, 3.8) is 0 Å². The maximum Gasteiger partial charge on any atom is 0.326 e. The molecule has 2 N–H and O–H groups in total. The van der Waals surface area contributed by atoms with Gasteiger partial charge >= 0.3 is 5.97 Å².